The fraction of sp³-hybridized carbons (Fsp3) is 0.800. The molecule has 0 amide bonds. The number of hydrogen-bond donors (Lipinski definition) is 0. The molecule has 0 bridgehead atoms. The molecule has 20 heavy (non-hydrogen) atoms. The SMILES string of the molecule is CCOC(=O)C(c1nncn1C1CCCCC1)C(C)C. The Balaban J connectivity index is 2.25. The van der Waals surface area contributed by atoms with Gasteiger partial charge < -0.3 is 9.30 Å². The van der Waals surface area contributed by atoms with Gasteiger partial charge in [0.15, 0.2) is 0 Å². The van der Waals surface area contributed by atoms with Crippen LogP contribution < -0.4 is 0 Å². The Hall–Kier alpha value is -1.39. The molecule has 1 atom stereocenters. The summed E-state index contributed by atoms with van der Waals surface area (Å²) >= 11 is 0. The summed E-state index contributed by atoms with van der Waals surface area (Å²) in [6.45, 7) is 6.30. The Labute approximate surface area is 120 Å². The second-order valence-electron chi connectivity index (χ2n) is 5.86. The molecule has 1 aliphatic carbocycles. The average molecular weight is 279 g/mol. The maximum atomic E-state index is 12.2. The van der Waals surface area contributed by atoms with E-state index < -0.39 is 0 Å². The zero-order chi connectivity index (χ0) is 14.5. The van der Waals surface area contributed by atoms with Crippen molar-refractivity contribution in [1.29, 1.82) is 0 Å². The van der Waals surface area contributed by atoms with Crippen molar-refractivity contribution in [1.82, 2.24) is 14.8 Å². The van der Waals surface area contributed by atoms with Crippen LogP contribution in [0.4, 0.5) is 0 Å². The Morgan fingerprint density at radius 2 is 2.10 bits per heavy atom. The van der Waals surface area contributed by atoms with Crippen molar-refractivity contribution in [2.24, 2.45) is 5.92 Å². The second kappa shape index (κ2) is 6.86. The van der Waals surface area contributed by atoms with Gasteiger partial charge in [-0.05, 0) is 25.7 Å². The minimum Gasteiger partial charge on any atom is -0.465 e. The molecule has 5 nitrogen and oxygen atoms in total. The molecule has 0 radical (unpaired) electrons. The van der Waals surface area contributed by atoms with Crippen LogP contribution in [0.15, 0.2) is 6.33 Å². The zero-order valence-corrected chi connectivity index (χ0v) is 12.7. The molecule has 1 aliphatic rings. The van der Waals surface area contributed by atoms with E-state index in [-0.39, 0.29) is 17.8 Å². The highest BCUT2D eigenvalue weighted by Crippen LogP contribution is 2.32. The maximum Gasteiger partial charge on any atom is 0.316 e. The van der Waals surface area contributed by atoms with Crippen LogP contribution in [0.3, 0.4) is 0 Å². The lowest BCUT2D eigenvalue weighted by atomic mass is 9.92. The number of nitrogens with zero attached hydrogens (tertiary/aromatic N) is 3. The Bertz CT molecular complexity index is 436. The van der Waals surface area contributed by atoms with Gasteiger partial charge in [-0.15, -0.1) is 10.2 Å². The third kappa shape index (κ3) is 3.19. The number of carbonyl (C=O) groups is 1. The molecule has 1 saturated carbocycles. The summed E-state index contributed by atoms with van der Waals surface area (Å²) in [7, 11) is 0. The van der Waals surface area contributed by atoms with Crippen molar-refractivity contribution in [3.05, 3.63) is 12.2 Å². The van der Waals surface area contributed by atoms with Gasteiger partial charge in [0.2, 0.25) is 0 Å². The Morgan fingerprint density at radius 1 is 1.40 bits per heavy atom. The van der Waals surface area contributed by atoms with Gasteiger partial charge in [-0.1, -0.05) is 33.1 Å². The number of aromatic nitrogens is 3. The topological polar surface area (TPSA) is 57.0 Å². The van der Waals surface area contributed by atoms with Crippen molar-refractivity contribution in [3.63, 3.8) is 0 Å². The molecule has 112 valence electrons. The summed E-state index contributed by atoms with van der Waals surface area (Å²) in [4.78, 5) is 12.2. The average Bonchev–Trinajstić information content (AvgIpc) is 2.89. The van der Waals surface area contributed by atoms with Gasteiger partial charge in [0.05, 0.1) is 6.61 Å². The fourth-order valence-corrected chi connectivity index (χ4v) is 3.02. The largest absolute Gasteiger partial charge is 0.465 e. The molecular formula is C15H25N3O2. The van der Waals surface area contributed by atoms with E-state index in [9.17, 15) is 4.79 Å². The van der Waals surface area contributed by atoms with E-state index in [1.807, 2.05) is 20.8 Å². The fourth-order valence-electron chi connectivity index (χ4n) is 3.02. The van der Waals surface area contributed by atoms with E-state index in [1.165, 1.54) is 19.3 Å². The van der Waals surface area contributed by atoms with Crippen molar-refractivity contribution in [2.45, 2.75) is 64.8 Å². The molecular weight excluding hydrogens is 254 g/mol. The Kier molecular flexibility index (Phi) is 5.15. The van der Waals surface area contributed by atoms with E-state index in [4.69, 9.17) is 4.74 Å². The quantitative estimate of drug-likeness (QED) is 0.777. The molecule has 5 heteroatoms. The first kappa shape index (κ1) is 15.0. The third-order valence-electron chi connectivity index (χ3n) is 4.05. The van der Waals surface area contributed by atoms with Gasteiger partial charge in [0.1, 0.15) is 18.1 Å². The molecule has 1 unspecified atom stereocenters. The van der Waals surface area contributed by atoms with E-state index in [0.29, 0.717) is 12.6 Å². The summed E-state index contributed by atoms with van der Waals surface area (Å²) < 4.78 is 7.32. The maximum absolute atomic E-state index is 12.2. The van der Waals surface area contributed by atoms with Crippen LogP contribution >= 0.6 is 0 Å². The van der Waals surface area contributed by atoms with Gasteiger partial charge >= 0.3 is 5.97 Å². The highest BCUT2D eigenvalue weighted by Gasteiger charge is 2.32. The minimum absolute atomic E-state index is 0.153. The molecule has 0 saturated heterocycles. The van der Waals surface area contributed by atoms with Gasteiger partial charge in [-0.2, -0.15) is 0 Å². The molecule has 0 N–H and O–H groups in total. The number of esters is 1. The highest BCUT2D eigenvalue weighted by molar-refractivity contribution is 5.77. The number of rotatable bonds is 5. The van der Waals surface area contributed by atoms with Crippen molar-refractivity contribution in [2.75, 3.05) is 6.61 Å². The van der Waals surface area contributed by atoms with E-state index in [1.54, 1.807) is 6.33 Å². The summed E-state index contributed by atoms with van der Waals surface area (Å²) in [6, 6.07) is 0.435. The lowest BCUT2D eigenvalue weighted by molar-refractivity contribution is -0.146. The second-order valence-corrected chi connectivity index (χ2v) is 5.86. The number of carbonyl (C=O) groups excluding carboxylic acids is 1. The van der Waals surface area contributed by atoms with Crippen LogP contribution in [0.1, 0.15) is 70.7 Å². The van der Waals surface area contributed by atoms with E-state index in [0.717, 1.165) is 18.7 Å². The lowest BCUT2D eigenvalue weighted by Gasteiger charge is -2.26. The predicted molar refractivity (Wildman–Crippen MR) is 76.4 cm³/mol. The lowest BCUT2D eigenvalue weighted by Crippen LogP contribution is -2.26. The van der Waals surface area contributed by atoms with E-state index in [2.05, 4.69) is 14.8 Å². The molecule has 1 aromatic heterocycles. The van der Waals surface area contributed by atoms with Crippen LogP contribution in [0.25, 0.3) is 0 Å². The van der Waals surface area contributed by atoms with Crippen LogP contribution in [0.2, 0.25) is 0 Å². The molecule has 1 heterocycles. The van der Waals surface area contributed by atoms with Crippen LogP contribution in [0, 0.1) is 5.92 Å². The summed E-state index contributed by atoms with van der Waals surface area (Å²) in [6.07, 6.45) is 7.87. The smallest absolute Gasteiger partial charge is 0.316 e. The molecule has 1 fully saturated rings. The van der Waals surface area contributed by atoms with Crippen LogP contribution in [-0.4, -0.2) is 27.3 Å². The standard InChI is InChI=1S/C15H25N3O2/c1-4-20-15(19)13(11(2)3)14-17-16-10-18(14)12-8-6-5-7-9-12/h10-13H,4-9H2,1-3H3. The Morgan fingerprint density at radius 3 is 2.70 bits per heavy atom. The van der Waals surface area contributed by atoms with Gasteiger partial charge in [-0.3, -0.25) is 4.79 Å². The highest BCUT2D eigenvalue weighted by atomic mass is 16.5. The summed E-state index contributed by atoms with van der Waals surface area (Å²) in [5, 5.41) is 8.28. The van der Waals surface area contributed by atoms with Crippen molar-refractivity contribution >= 4 is 5.97 Å². The summed E-state index contributed by atoms with van der Waals surface area (Å²) in [5.41, 5.74) is 0. The molecule has 0 spiro atoms. The first-order chi connectivity index (χ1) is 9.65. The third-order valence-corrected chi connectivity index (χ3v) is 4.05. The van der Waals surface area contributed by atoms with Crippen LogP contribution in [0.5, 0.6) is 0 Å². The van der Waals surface area contributed by atoms with Crippen molar-refractivity contribution in [3.8, 4) is 0 Å². The molecule has 1 aromatic rings. The molecule has 2 rings (SSSR count). The normalized spacial score (nSPS) is 18.2. The number of ether oxygens (including phenoxy) is 1. The number of hydrogen-bond acceptors (Lipinski definition) is 4. The predicted octanol–water partition coefficient (Wildman–Crippen LogP) is 3.09. The first-order valence-electron chi connectivity index (χ1n) is 7.71. The zero-order valence-electron chi connectivity index (χ0n) is 12.7. The first-order valence-corrected chi connectivity index (χ1v) is 7.71. The van der Waals surface area contributed by atoms with E-state index >= 15 is 0 Å². The van der Waals surface area contributed by atoms with Gasteiger partial charge in [0, 0.05) is 6.04 Å². The van der Waals surface area contributed by atoms with Crippen molar-refractivity contribution < 1.29 is 9.53 Å². The van der Waals surface area contributed by atoms with Gasteiger partial charge in [0.25, 0.3) is 0 Å². The van der Waals surface area contributed by atoms with Crippen LogP contribution in [-0.2, 0) is 9.53 Å². The minimum atomic E-state index is -0.320. The van der Waals surface area contributed by atoms with Gasteiger partial charge in [-0.25, -0.2) is 0 Å². The molecule has 0 aliphatic heterocycles. The summed E-state index contributed by atoms with van der Waals surface area (Å²) in [5.74, 6) is 0.415. The molecule has 0 aromatic carbocycles. The monoisotopic (exact) mass is 279 g/mol.